The summed E-state index contributed by atoms with van der Waals surface area (Å²) in [6.45, 7) is -0.562. The van der Waals surface area contributed by atoms with Gasteiger partial charge in [0.25, 0.3) is 0 Å². The van der Waals surface area contributed by atoms with Gasteiger partial charge in [-0.25, -0.2) is 14.6 Å². The zero-order valence-electron chi connectivity index (χ0n) is 23.9. The van der Waals surface area contributed by atoms with E-state index in [1.807, 2.05) is 0 Å². The average molecular weight is 612 g/mol. The minimum Gasteiger partial charge on any atom is -0.449 e. The minimum atomic E-state index is -4.52. The Balaban J connectivity index is 1.44. The number of ether oxygens (including phenoxy) is 1. The smallest absolute Gasteiger partial charge is 0.409 e. The molecule has 44 heavy (non-hydrogen) atoms. The van der Waals surface area contributed by atoms with E-state index in [4.69, 9.17) is 10.1 Å². The number of halogens is 3. The number of nitrogens with zero attached hydrogens (tertiary/aromatic N) is 5. The third kappa shape index (κ3) is 9.00. The second-order valence-electron chi connectivity index (χ2n) is 10.6. The highest BCUT2D eigenvalue weighted by Crippen LogP contribution is 2.32. The third-order valence-corrected chi connectivity index (χ3v) is 6.91. The molecule has 3 amide bonds. The molecule has 232 valence electrons. The number of carbonyl (C=O) groups excluding carboxylic acids is 2. The summed E-state index contributed by atoms with van der Waals surface area (Å²) in [6, 6.07) is 7.63. The molecule has 0 bridgehead atoms. The summed E-state index contributed by atoms with van der Waals surface area (Å²) in [6.07, 6.45) is 4.84. The van der Waals surface area contributed by atoms with Crippen LogP contribution in [-0.4, -0.2) is 90.6 Å². The Morgan fingerprint density at radius 1 is 1.36 bits per heavy atom. The number of allylic oxidation sites excluding steroid dienone is 1. The number of nitrogens with one attached hydrogen (secondary N) is 4. The summed E-state index contributed by atoms with van der Waals surface area (Å²) in [5.41, 5.74) is 1.26. The number of amides is 3. The maximum atomic E-state index is 12.4. The molecule has 12 nitrogen and oxygen atoms in total. The first-order valence-electron chi connectivity index (χ1n) is 13.8. The Morgan fingerprint density at radius 3 is 2.80 bits per heavy atom. The van der Waals surface area contributed by atoms with Gasteiger partial charge in [-0.1, -0.05) is 12.1 Å². The van der Waals surface area contributed by atoms with Crippen LogP contribution in [0, 0.1) is 28.6 Å². The van der Waals surface area contributed by atoms with Crippen molar-refractivity contribution in [2.75, 3.05) is 38.6 Å². The molecule has 4 N–H and O–H groups in total. The first-order chi connectivity index (χ1) is 21.0. The highest BCUT2D eigenvalue weighted by Gasteiger charge is 2.46. The summed E-state index contributed by atoms with van der Waals surface area (Å²) in [7, 11) is 1.58. The topological polar surface area (TPSA) is 172 Å². The van der Waals surface area contributed by atoms with Crippen LogP contribution >= 0.6 is 0 Å². The second kappa shape index (κ2) is 14.0. The molecule has 0 spiro atoms. The van der Waals surface area contributed by atoms with Gasteiger partial charge in [0.1, 0.15) is 17.9 Å². The van der Waals surface area contributed by atoms with Gasteiger partial charge in [-0.05, 0) is 42.5 Å². The van der Waals surface area contributed by atoms with Crippen molar-refractivity contribution in [2.45, 2.75) is 31.0 Å². The van der Waals surface area contributed by atoms with Crippen molar-refractivity contribution in [3.8, 4) is 17.3 Å². The van der Waals surface area contributed by atoms with Gasteiger partial charge in [0.2, 0.25) is 0 Å². The molecule has 1 atom stereocenters. The maximum absolute atomic E-state index is 12.4. The fraction of sp³-hybridized carbons (Fsp3) is 0.414. The normalized spacial score (nSPS) is 17.2. The Labute approximate surface area is 251 Å². The molecule has 1 unspecified atom stereocenters. The van der Waals surface area contributed by atoms with Gasteiger partial charge in [-0.3, -0.25) is 9.98 Å². The van der Waals surface area contributed by atoms with Crippen LogP contribution in [0.15, 0.2) is 46.0 Å². The molecule has 2 fully saturated rings. The van der Waals surface area contributed by atoms with E-state index >= 15 is 0 Å². The van der Waals surface area contributed by atoms with E-state index in [9.17, 15) is 28.0 Å². The number of H-pyrrole nitrogens is 1. The predicted octanol–water partition coefficient (Wildman–Crippen LogP) is 4.70. The largest absolute Gasteiger partial charge is 0.449 e. The summed E-state index contributed by atoms with van der Waals surface area (Å²) >= 11 is 0. The van der Waals surface area contributed by atoms with Crippen LogP contribution in [0.25, 0.3) is 17.3 Å². The Morgan fingerprint density at radius 2 is 2.14 bits per heavy atom. The third-order valence-electron chi connectivity index (χ3n) is 6.91. The average Bonchev–Trinajstić information content (AvgIpc) is 3.68. The molecular weight excluding hydrogens is 579 g/mol. The van der Waals surface area contributed by atoms with Crippen LogP contribution < -0.4 is 10.6 Å². The number of benzene rings is 1. The highest BCUT2D eigenvalue weighted by molar-refractivity contribution is 6.00. The Hall–Kier alpha value is -5.00. The van der Waals surface area contributed by atoms with Crippen molar-refractivity contribution in [1.29, 1.82) is 10.7 Å². The number of aromatic nitrogens is 2. The minimum absolute atomic E-state index is 0.0982. The van der Waals surface area contributed by atoms with Gasteiger partial charge < -0.3 is 30.7 Å². The van der Waals surface area contributed by atoms with Crippen molar-refractivity contribution in [3.05, 3.63) is 41.9 Å². The maximum Gasteiger partial charge on any atom is 0.409 e. The molecule has 1 aromatic heterocycles. The number of alkyl halides is 3. The predicted molar refractivity (Wildman–Crippen MR) is 159 cm³/mol. The van der Waals surface area contributed by atoms with Gasteiger partial charge in [0.05, 0.1) is 50.0 Å². The highest BCUT2D eigenvalue weighted by atomic mass is 19.4. The van der Waals surface area contributed by atoms with Crippen molar-refractivity contribution >= 4 is 42.5 Å². The number of aromatic amines is 1. The molecule has 1 aromatic carbocycles. The lowest BCUT2D eigenvalue weighted by Gasteiger charge is -2.45. The molecule has 15 heteroatoms. The second-order valence-corrected chi connectivity index (χ2v) is 10.6. The molecule has 0 radical (unpaired) electrons. The first kappa shape index (κ1) is 31.9. The van der Waals surface area contributed by atoms with E-state index in [1.54, 1.807) is 55.3 Å². The quantitative estimate of drug-likeness (QED) is 0.255. The van der Waals surface area contributed by atoms with Crippen molar-refractivity contribution in [2.24, 2.45) is 21.8 Å². The Kier molecular flexibility index (Phi) is 10.1. The number of nitriles is 1. The van der Waals surface area contributed by atoms with Gasteiger partial charge in [0.15, 0.2) is 0 Å². The molecule has 4 rings (SSSR count). The zero-order chi connectivity index (χ0) is 31.7. The van der Waals surface area contributed by atoms with Crippen LogP contribution in [0.4, 0.5) is 28.4 Å². The lowest BCUT2D eigenvalue weighted by molar-refractivity contribution is -0.122. The summed E-state index contributed by atoms with van der Waals surface area (Å²) in [4.78, 5) is 41.9. The number of anilines is 1. The number of aliphatic imine (C=N–C) groups is 2. The van der Waals surface area contributed by atoms with Gasteiger partial charge in [0, 0.05) is 36.9 Å². The van der Waals surface area contributed by atoms with E-state index < -0.39 is 36.3 Å². The van der Waals surface area contributed by atoms with Crippen LogP contribution in [-0.2, 0) is 4.74 Å². The van der Waals surface area contributed by atoms with E-state index in [-0.39, 0.29) is 25.2 Å². The molecule has 1 saturated heterocycles. The number of likely N-dealkylation sites (tertiary alicyclic amines) is 1. The molecule has 2 heterocycles. The fourth-order valence-electron chi connectivity index (χ4n) is 4.41. The van der Waals surface area contributed by atoms with Crippen LogP contribution in [0.5, 0.6) is 0 Å². The monoisotopic (exact) mass is 611 g/mol. The number of hydrogen-bond donors (Lipinski definition) is 4. The molecular formula is C29H32F3N9O3. The first-order valence-corrected chi connectivity index (χ1v) is 13.8. The number of rotatable bonds is 12. The van der Waals surface area contributed by atoms with Crippen LogP contribution in [0.2, 0.25) is 0 Å². The van der Waals surface area contributed by atoms with Crippen LogP contribution in [0.3, 0.4) is 0 Å². The lowest BCUT2D eigenvalue weighted by Crippen LogP contribution is -2.62. The van der Waals surface area contributed by atoms with Crippen molar-refractivity contribution in [1.82, 2.24) is 20.2 Å². The number of imidazole rings is 1. The fourth-order valence-corrected chi connectivity index (χ4v) is 4.41. The SMILES string of the molecule is CN=C/C(=C\c1ncc(-c2cccc(NC(=O)NCC(F)(F)F)c2)[nH]1)C(C=N)C=NC1(CC#N)CN(C(=O)OCC2CC2)C1. The van der Waals surface area contributed by atoms with Gasteiger partial charge in [-0.2, -0.15) is 18.4 Å². The molecule has 1 saturated carbocycles. The standard InChI is InChI=1S/C29H32F3N9O3/c1-35-12-21(22(11-34)13-38-28(7-8-33)17-41(18-28)27(43)44-15-19-5-6-19)10-25-36-14-24(40-25)20-3-2-4-23(9-20)39-26(42)37-16-29(30,31)32/h2-4,9-14,19,22,34H,5-7,15-18H2,1H3,(H,36,40)(H2,37,39,42)/b21-10+,34-11?,35-12?,38-13?. The van der Waals surface area contributed by atoms with E-state index in [0.717, 1.165) is 12.8 Å². The summed E-state index contributed by atoms with van der Waals surface area (Å²) in [5.74, 6) is 0.263. The number of hydrogen-bond acceptors (Lipinski definition) is 8. The molecule has 1 aliphatic carbocycles. The zero-order valence-corrected chi connectivity index (χ0v) is 23.9. The lowest BCUT2D eigenvalue weighted by atomic mass is 9.87. The van der Waals surface area contributed by atoms with Crippen LogP contribution in [0.1, 0.15) is 25.1 Å². The van der Waals surface area contributed by atoms with Gasteiger partial charge in [-0.15, -0.1) is 0 Å². The molecule has 2 aromatic rings. The van der Waals surface area contributed by atoms with E-state index in [1.165, 1.54) is 17.2 Å². The molecule has 1 aliphatic heterocycles. The molecule has 2 aliphatic rings. The van der Waals surface area contributed by atoms with E-state index in [2.05, 4.69) is 31.3 Å². The summed E-state index contributed by atoms with van der Waals surface area (Å²) < 4.78 is 42.4. The Bertz CT molecular complexity index is 1480. The summed E-state index contributed by atoms with van der Waals surface area (Å²) in [5, 5.41) is 21.5. The number of urea groups is 1. The van der Waals surface area contributed by atoms with E-state index in [0.29, 0.717) is 35.2 Å². The van der Waals surface area contributed by atoms with Crippen molar-refractivity contribution in [3.63, 3.8) is 0 Å². The van der Waals surface area contributed by atoms with Crippen molar-refractivity contribution < 1.29 is 27.5 Å². The number of carbonyl (C=O) groups is 2. The van der Waals surface area contributed by atoms with Gasteiger partial charge >= 0.3 is 18.3 Å².